The number of carboxylic acid groups (broad SMARTS) is 1. The van der Waals surface area contributed by atoms with Crippen molar-refractivity contribution in [2.45, 2.75) is 13.3 Å². The van der Waals surface area contributed by atoms with Crippen molar-refractivity contribution in [3.05, 3.63) is 35.6 Å². The molecular weight excluding hydrogens is 182 g/mol. The maximum Gasteiger partial charge on any atom is 0.352 e. The molecule has 0 aromatic carbocycles. The predicted octanol–water partition coefficient (Wildman–Crippen LogP) is 0.799. The number of hydrogen-bond acceptors (Lipinski definition) is 3. The van der Waals surface area contributed by atoms with Gasteiger partial charge in [-0.2, -0.15) is 0 Å². The summed E-state index contributed by atoms with van der Waals surface area (Å²) >= 11 is 0. The molecule has 14 heavy (non-hydrogen) atoms. The van der Waals surface area contributed by atoms with Gasteiger partial charge in [-0.3, -0.25) is 0 Å². The Morgan fingerprint density at radius 1 is 1.57 bits per heavy atom. The highest BCUT2D eigenvalue weighted by atomic mass is 16.4. The largest absolute Gasteiger partial charge is 0.477 e. The minimum atomic E-state index is -1.16. The van der Waals surface area contributed by atoms with Crippen LogP contribution in [0.15, 0.2) is 35.6 Å². The Kier molecular flexibility index (Phi) is 5.33. The van der Waals surface area contributed by atoms with Crippen molar-refractivity contribution >= 4 is 5.97 Å². The molecule has 0 amide bonds. The van der Waals surface area contributed by atoms with Gasteiger partial charge in [0.2, 0.25) is 0 Å². The highest BCUT2D eigenvalue weighted by Crippen LogP contribution is 2.15. The molecule has 0 saturated heterocycles. The van der Waals surface area contributed by atoms with E-state index in [1.54, 1.807) is 13.0 Å². The summed E-state index contributed by atoms with van der Waals surface area (Å²) in [5, 5.41) is 17.4. The molecule has 0 aromatic rings. The summed E-state index contributed by atoms with van der Waals surface area (Å²) in [7, 11) is 0. The van der Waals surface area contributed by atoms with Crippen LogP contribution in [-0.4, -0.2) is 22.8 Å². The Bertz CT molecular complexity index is 290. The lowest BCUT2D eigenvalue weighted by Crippen LogP contribution is -2.13. The predicted molar refractivity (Wildman–Crippen MR) is 54.5 cm³/mol. The van der Waals surface area contributed by atoms with Crippen LogP contribution in [0.4, 0.5) is 0 Å². The van der Waals surface area contributed by atoms with E-state index in [0.29, 0.717) is 17.6 Å². The van der Waals surface area contributed by atoms with Crippen molar-refractivity contribution < 1.29 is 15.0 Å². The van der Waals surface area contributed by atoms with Gasteiger partial charge in [0.25, 0.3) is 0 Å². The van der Waals surface area contributed by atoms with Gasteiger partial charge in [-0.05, 0) is 24.5 Å². The smallest absolute Gasteiger partial charge is 0.352 e. The first-order valence-corrected chi connectivity index (χ1v) is 4.17. The second-order valence-corrected chi connectivity index (χ2v) is 2.75. The SMILES string of the molecule is C=C/C=C(CCO)\C(C)=C(/N)C(=O)O. The lowest BCUT2D eigenvalue weighted by molar-refractivity contribution is -0.132. The fourth-order valence-corrected chi connectivity index (χ4v) is 0.992. The fraction of sp³-hybridized carbons (Fsp3) is 0.300. The van der Waals surface area contributed by atoms with Gasteiger partial charge in [-0.15, -0.1) is 0 Å². The van der Waals surface area contributed by atoms with Crippen LogP contribution in [0.25, 0.3) is 0 Å². The Labute approximate surface area is 83.0 Å². The highest BCUT2D eigenvalue weighted by molar-refractivity contribution is 5.87. The lowest BCUT2D eigenvalue weighted by Gasteiger charge is -2.07. The normalized spacial score (nSPS) is 13.4. The minimum Gasteiger partial charge on any atom is -0.477 e. The molecule has 0 aliphatic heterocycles. The van der Waals surface area contributed by atoms with Crippen molar-refractivity contribution in [2.75, 3.05) is 6.61 Å². The summed E-state index contributed by atoms with van der Waals surface area (Å²) in [6.07, 6.45) is 3.54. The van der Waals surface area contributed by atoms with Crippen LogP contribution in [0.5, 0.6) is 0 Å². The van der Waals surface area contributed by atoms with Gasteiger partial charge in [0.05, 0.1) is 0 Å². The second-order valence-electron chi connectivity index (χ2n) is 2.75. The zero-order valence-electron chi connectivity index (χ0n) is 8.16. The first-order valence-electron chi connectivity index (χ1n) is 4.17. The molecule has 0 fully saturated rings. The third kappa shape index (κ3) is 3.45. The van der Waals surface area contributed by atoms with E-state index in [4.69, 9.17) is 15.9 Å². The molecule has 0 aromatic heterocycles. The molecule has 0 unspecified atom stereocenters. The molecule has 0 radical (unpaired) electrons. The number of rotatable bonds is 5. The maximum atomic E-state index is 10.6. The van der Waals surface area contributed by atoms with E-state index in [1.165, 1.54) is 6.08 Å². The summed E-state index contributed by atoms with van der Waals surface area (Å²) in [5.41, 5.74) is 6.29. The van der Waals surface area contributed by atoms with Gasteiger partial charge in [0.15, 0.2) is 0 Å². The van der Waals surface area contributed by atoms with Crippen LogP contribution in [-0.2, 0) is 4.79 Å². The molecular formula is C10H15NO3. The van der Waals surface area contributed by atoms with E-state index in [9.17, 15) is 4.79 Å². The third-order valence-corrected chi connectivity index (χ3v) is 1.82. The van der Waals surface area contributed by atoms with Crippen LogP contribution in [0.2, 0.25) is 0 Å². The molecule has 0 bridgehead atoms. The maximum absolute atomic E-state index is 10.6. The fourth-order valence-electron chi connectivity index (χ4n) is 0.992. The van der Waals surface area contributed by atoms with E-state index in [-0.39, 0.29) is 12.3 Å². The van der Waals surface area contributed by atoms with Crippen LogP contribution in [0.3, 0.4) is 0 Å². The van der Waals surface area contributed by atoms with Gasteiger partial charge in [0.1, 0.15) is 5.70 Å². The zero-order valence-corrected chi connectivity index (χ0v) is 8.16. The number of allylic oxidation sites excluding steroid dienone is 3. The Balaban J connectivity index is 5.02. The van der Waals surface area contributed by atoms with Crippen molar-refractivity contribution in [3.63, 3.8) is 0 Å². The van der Waals surface area contributed by atoms with E-state index in [1.807, 2.05) is 0 Å². The van der Waals surface area contributed by atoms with E-state index >= 15 is 0 Å². The topological polar surface area (TPSA) is 83.5 Å². The number of hydrogen-bond donors (Lipinski definition) is 3. The molecule has 0 aliphatic carbocycles. The molecule has 0 spiro atoms. The van der Waals surface area contributed by atoms with Crippen molar-refractivity contribution in [1.29, 1.82) is 0 Å². The average Bonchev–Trinajstić information content (AvgIpc) is 2.15. The molecule has 4 N–H and O–H groups in total. The number of carboxylic acids is 1. The summed E-state index contributed by atoms with van der Waals surface area (Å²) in [4.78, 5) is 10.6. The molecule has 0 rings (SSSR count). The summed E-state index contributed by atoms with van der Waals surface area (Å²) in [6.45, 7) is 5.05. The van der Waals surface area contributed by atoms with E-state index in [2.05, 4.69) is 6.58 Å². The van der Waals surface area contributed by atoms with Crippen LogP contribution >= 0.6 is 0 Å². The van der Waals surface area contributed by atoms with Crippen LogP contribution < -0.4 is 5.73 Å². The summed E-state index contributed by atoms with van der Waals surface area (Å²) in [6, 6.07) is 0. The number of nitrogens with two attached hydrogens (primary N) is 1. The first-order chi connectivity index (χ1) is 6.54. The second kappa shape index (κ2) is 5.99. The van der Waals surface area contributed by atoms with Crippen molar-refractivity contribution in [3.8, 4) is 0 Å². The molecule has 0 aliphatic rings. The Morgan fingerprint density at radius 2 is 2.14 bits per heavy atom. The standard InChI is InChI=1S/C10H15NO3/c1-3-4-8(5-6-12)7(2)9(11)10(13)14/h3-4,12H,1,5-6,11H2,2H3,(H,13,14)/b8-4-,9-7-. The van der Waals surface area contributed by atoms with Gasteiger partial charge in [-0.1, -0.05) is 18.7 Å². The Morgan fingerprint density at radius 3 is 2.50 bits per heavy atom. The zero-order chi connectivity index (χ0) is 11.1. The van der Waals surface area contributed by atoms with Gasteiger partial charge in [0, 0.05) is 6.61 Å². The quantitative estimate of drug-likeness (QED) is 0.449. The average molecular weight is 197 g/mol. The number of aliphatic hydroxyl groups excluding tert-OH is 1. The van der Waals surface area contributed by atoms with Crippen molar-refractivity contribution in [2.24, 2.45) is 5.73 Å². The molecule has 4 nitrogen and oxygen atoms in total. The van der Waals surface area contributed by atoms with Crippen LogP contribution in [0, 0.1) is 0 Å². The van der Waals surface area contributed by atoms with Gasteiger partial charge < -0.3 is 15.9 Å². The highest BCUT2D eigenvalue weighted by Gasteiger charge is 2.09. The first kappa shape index (κ1) is 12.4. The molecule has 78 valence electrons. The van der Waals surface area contributed by atoms with Gasteiger partial charge >= 0.3 is 5.97 Å². The third-order valence-electron chi connectivity index (χ3n) is 1.82. The number of aliphatic hydroxyl groups is 1. The van der Waals surface area contributed by atoms with E-state index in [0.717, 1.165) is 0 Å². The molecule has 0 atom stereocenters. The molecule has 0 saturated carbocycles. The van der Waals surface area contributed by atoms with Crippen LogP contribution in [0.1, 0.15) is 13.3 Å². The van der Waals surface area contributed by atoms with Gasteiger partial charge in [-0.25, -0.2) is 4.79 Å². The number of carbonyl (C=O) groups is 1. The Hall–Kier alpha value is -1.55. The number of aliphatic carboxylic acids is 1. The summed E-state index contributed by atoms with van der Waals surface area (Å²) < 4.78 is 0. The minimum absolute atomic E-state index is 0.0517. The van der Waals surface area contributed by atoms with E-state index < -0.39 is 5.97 Å². The lowest BCUT2D eigenvalue weighted by atomic mass is 10.0. The summed E-state index contributed by atoms with van der Waals surface area (Å²) in [5.74, 6) is -1.16. The van der Waals surface area contributed by atoms with Crippen molar-refractivity contribution in [1.82, 2.24) is 0 Å². The molecule has 4 heteroatoms. The monoisotopic (exact) mass is 197 g/mol. The molecule has 0 heterocycles.